The van der Waals surface area contributed by atoms with E-state index >= 15 is 0 Å². The van der Waals surface area contributed by atoms with Crippen LogP contribution in [0.15, 0.2) is 12.4 Å². The normalized spacial score (nSPS) is 19.7. The van der Waals surface area contributed by atoms with Crippen molar-refractivity contribution in [3.8, 4) is 0 Å². The van der Waals surface area contributed by atoms with E-state index in [0.29, 0.717) is 6.04 Å². The molecule has 0 radical (unpaired) electrons. The van der Waals surface area contributed by atoms with E-state index in [1.807, 2.05) is 12.4 Å². The summed E-state index contributed by atoms with van der Waals surface area (Å²) in [7, 11) is 4.20. The van der Waals surface area contributed by atoms with Crippen LogP contribution in [0, 0.1) is 5.92 Å². The highest BCUT2D eigenvalue weighted by Crippen LogP contribution is 2.27. The van der Waals surface area contributed by atoms with E-state index in [9.17, 15) is 0 Å². The molecule has 1 heterocycles. The third kappa shape index (κ3) is 3.58. The summed E-state index contributed by atoms with van der Waals surface area (Å²) in [6.45, 7) is 0. The molecule has 18 heavy (non-hydrogen) atoms. The first-order chi connectivity index (χ1) is 8.81. The van der Waals surface area contributed by atoms with Crippen LogP contribution < -0.4 is 5.32 Å². The monoisotopic (exact) mass is 249 g/mol. The Morgan fingerprint density at radius 2 is 2.06 bits per heavy atom. The summed E-state index contributed by atoms with van der Waals surface area (Å²) in [6, 6.07) is 0.666. The molecule has 3 nitrogen and oxygen atoms in total. The number of nitrogens with one attached hydrogen (secondary N) is 1. The Hall–Kier alpha value is -0.830. The summed E-state index contributed by atoms with van der Waals surface area (Å²) in [4.78, 5) is 4.42. The van der Waals surface area contributed by atoms with E-state index < -0.39 is 0 Å². The second-order valence-corrected chi connectivity index (χ2v) is 5.64. The standard InChI is InChI=1S/C15H27N3/c1-16-14(13-7-5-3-4-6-8-13)9-10-15-17-11-12-18(15)2/h11-14,16H,3-10H2,1-2H3. The Morgan fingerprint density at radius 1 is 1.33 bits per heavy atom. The molecule has 1 atom stereocenters. The van der Waals surface area contributed by atoms with E-state index in [1.54, 1.807) is 0 Å². The minimum absolute atomic E-state index is 0.666. The van der Waals surface area contributed by atoms with E-state index in [1.165, 1.54) is 50.8 Å². The molecule has 102 valence electrons. The molecular weight excluding hydrogens is 222 g/mol. The average molecular weight is 249 g/mol. The van der Waals surface area contributed by atoms with Crippen molar-refractivity contribution >= 4 is 0 Å². The smallest absolute Gasteiger partial charge is 0.108 e. The third-order valence-corrected chi connectivity index (χ3v) is 4.44. The van der Waals surface area contributed by atoms with Crippen molar-refractivity contribution in [2.75, 3.05) is 7.05 Å². The SMILES string of the molecule is CNC(CCc1nccn1C)C1CCCCCC1. The van der Waals surface area contributed by atoms with Gasteiger partial charge in [-0.1, -0.05) is 25.7 Å². The number of hydrogen-bond donors (Lipinski definition) is 1. The first kappa shape index (κ1) is 13.6. The van der Waals surface area contributed by atoms with Crippen LogP contribution >= 0.6 is 0 Å². The fourth-order valence-corrected chi connectivity index (χ4v) is 3.25. The zero-order valence-electron chi connectivity index (χ0n) is 11.9. The van der Waals surface area contributed by atoms with Crippen LogP contribution in [0.5, 0.6) is 0 Å². The van der Waals surface area contributed by atoms with Gasteiger partial charge in [-0.2, -0.15) is 0 Å². The summed E-state index contributed by atoms with van der Waals surface area (Å²) >= 11 is 0. The van der Waals surface area contributed by atoms with Gasteiger partial charge in [-0.15, -0.1) is 0 Å². The second kappa shape index (κ2) is 6.93. The predicted octanol–water partition coefficient (Wildman–Crippen LogP) is 2.91. The molecular formula is C15H27N3. The maximum atomic E-state index is 4.42. The second-order valence-electron chi connectivity index (χ2n) is 5.64. The highest BCUT2D eigenvalue weighted by atomic mass is 15.0. The van der Waals surface area contributed by atoms with Gasteiger partial charge >= 0.3 is 0 Å². The number of hydrogen-bond acceptors (Lipinski definition) is 2. The zero-order valence-corrected chi connectivity index (χ0v) is 11.9. The third-order valence-electron chi connectivity index (χ3n) is 4.44. The summed E-state index contributed by atoms with van der Waals surface area (Å²) in [5.74, 6) is 2.08. The first-order valence-electron chi connectivity index (χ1n) is 7.44. The summed E-state index contributed by atoms with van der Waals surface area (Å²) in [5, 5.41) is 3.54. The van der Waals surface area contributed by atoms with E-state index in [0.717, 1.165) is 12.3 Å². The van der Waals surface area contributed by atoms with E-state index in [2.05, 4.69) is 29.0 Å². The molecule has 1 fully saturated rings. The van der Waals surface area contributed by atoms with Gasteiger partial charge in [0.25, 0.3) is 0 Å². The molecule has 0 amide bonds. The minimum atomic E-state index is 0.666. The van der Waals surface area contributed by atoms with Crippen molar-refractivity contribution in [2.24, 2.45) is 13.0 Å². The molecule has 1 aliphatic carbocycles. The summed E-state index contributed by atoms with van der Waals surface area (Å²) in [6.07, 6.45) is 14.8. The Morgan fingerprint density at radius 3 is 2.61 bits per heavy atom. The van der Waals surface area contributed by atoms with Gasteiger partial charge in [0, 0.05) is 31.9 Å². The molecule has 1 aliphatic rings. The summed E-state index contributed by atoms with van der Waals surface area (Å²) in [5.41, 5.74) is 0. The van der Waals surface area contributed by atoms with Crippen molar-refractivity contribution in [2.45, 2.75) is 57.4 Å². The molecule has 0 saturated heterocycles. The van der Waals surface area contributed by atoms with Gasteiger partial charge in [-0.25, -0.2) is 4.98 Å². The lowest BCUT2D eigenvalue weighted by Gasteiger charge is -2.25. The van der Waals surface area contributed by atoms with Gasteiger partial charge in [-0.05, 0) is 32.2 Å². The van der Waals surface area contributed by atoms with Crippen molar-refractivity contribution < 1.29 is 0 Å². The molecule has 1 saturated carbocycles. The van der Waals surface area contributed by atoms with Crippen LogP contribution in [0.3, 0.4) is 0 Å². The molecule has 0 spiro atoms. The van der Waals surface area contributed by atoms with E-state index in [-0.39, 0.29) is 0 Å². The fraction of sp³-hybridized carbons (Fsp3) is 0.800. The van der Waals surface area contributed by atoms with Crippen LogP contribution in [0.25, 0.3) is 0 Å². The molecule has 2 rings (SSSR count). The topological polar surface area (TPSA) is 29.9 Å². The van der Waals surface area contributed by atoms with Crippen LogP contribution in [-0.2, 0) is 13.5 Å². The quantitative estimate of drug-likeness (QED) is 0.813. The lowest BCUT2D eigenvalue weighted by Crippen LogP contribution is -2.34. The number of nitrogens with zero attached hydrogens (tertiary/aromatic N) is 2. The molecule has 1 unspecified atom stereocenters. The van der Waals surface area contributed by atoms with Crippen LogP contribution in [0.2, 0.25) is 0 Å². The highest BCUT2D eigenvalue weighted by molar-refractivity contribution is 4.92. The van der Waals surface area contributed by atoms with Crippen LogP contribution in [-0.4, -0.2) is 22.6 Å². The Balaban J connectivity index is 1.86. The molecule has 0 aromatic carbocycles. The Bertz CT molecular complexity index is 337. The maximum absolute atomic E-state index is 4.42. The Kier molecular flexibility index (Phi) is 5.24. The number of aryl methyl sites for hydroxylation is 2. The molecule has 1 aromatic heterocycles. The van der Waals surface area contributed by atoms with Crippen LogP contribution in [0.1, 0.15) is 50.8 Å². The van der Waals surface area contributed by atoms with Crippen molar-refractivity contribution in [3.63, 3.8) is 0 Å². The number of imidazole rings is 1. The number of aromatic nitrogens is 2. The molecule has 3 heteroatoms. The van der Waals surface area contributed by atoms with Gasteiger partial charge in [0.2, 0.25) is 0 Å². The molecule has 0 aliphatic heterocycles. The largest absolute Gasteiger partial charge is 0.338 e. The lowest BCUT2D eigenvalue weighted by atomic mass is 9.89. The van der Waals surface area contributed by atoms with Gasteiger partial charge in [0.1, 0.15) is 5.82 Å². The minimum Gasteiger partial charge on any atom is -0.338 e. The van der Waals surface area contributed by atoms with Gasteiger partial charge in [0.15, 0.2) is 0 Å². The maximum Gasteiger partial charge on any atom is 0.108 e. The predicted molar refractivity (Wildman–Crippen MR) is 75.6 cm³/mol. The van der Waals surface area contributed by atoms with Gasteiger partial charge < -0.3 is 9.88 Å². The molecule has 0 bridgehead atoms. The van der Waals surface area contributed by atoms with Crippen molar-refractivity contribution in [1.82, 2.24) is 14.9 Å². The highest BCUT2D eigenvalue weighted by Gasteiger charge is 2.21. The molecule has 1 N–H and O–H groups in total. The summed E-state index contributed by atoms with van der Waals surface area (Å²) < 4.78 is 2.14. The van der Waals surface area contributed by atoms with Crippen molar-refractivity contribution in [3.05, 3.63) is 18.2 Å². The number of rotatable bonds is 5. The Labute approximate surface area is 111 Å². The average Bonchev–Trinajstić information content (AvgIpc) is 2.65. The van der Waals surface area contributed by atoms with Crippen LogP contribution in [0.4, 0.5) is 0 Å². The fourth-order valence-electron chi connectivity index (χ4n) is 3.25. The van der Waals surface area contributed by atoms with Gasteiger partial charge in [0.05, 0.1) is 0 Å². The van der Waals surface area contributed by atoms with E-state index in [4.69, 9.17) is 0 Å². The zero-order chi connectivity index (χ0) is 12.8. The lowest BCUT2D eigenvalue weighted by molar-refractivity contribution is 0.317. The van der Waals surface area contributed by atoms with Gasteiger partial charge in [-0.3, -0.25) is 0 Å². The van der Waals surface area contributed by atoms with Crippen molar-refractivity contribution in [1.29, 1.82) is 0 Å². The molecule has 1 aromatic rings. The first-order valence-corrected chi connectivity index (χ1v) is 7.44.